The molecule has 0 radical (unpaired) electrons. The van der Waals surface area contributed by atoms with Gasteiger partial charge in [0, 0.05) is 31.0 Å². The molecule has 3 aromatic rings. The predicted molar refractivity (Wildman–Crippen MR) is 127 cm³/mol. The Bertz CT molecular complexity index is 1170. The second-order valence-corrected chi connectivity index (χ2v) is 7.53. The molecule has 0 aliphatic carbocycles. The van der Waals surface area contributed by atoms with E-state index in [2.05, 4.69) is 15.6 Å². The lowest BCUT2D eigenvalue weighted by atomic mass is 10.2. The number of pyridine rings is 1. The van der Waals surface area contributed by atoms with E-state index < -0.39 is 11.9 Å². The van der Waals surface area contributed by atoms with E-state index in [-0.39, 0.29) is 25.4 Å². The van der Waals surface area contributed by atoms with Crippen molar-refractivity contribution in [3.8, 4) is 11.5 Å². The fourth-order valence-corrected chi connectivity index (χ4v) is 3.37. The molecule has 0 saturated carbocycles. The van der Waals surface area contributed by atoms with Crippen molar-refractivity contribution in [2.75, 3.05) is 42.7 Å². The van der Waals surface area contributed by atoms with Crippen LogP contribution in [-0.4, -0.2) is 53.3 Å². The Kier molecular flexibility index (Phi) is 7.09. The maximum absolute atomic E-state index is 12.8. The quantitative estimate of drug-likeness (QED) is 0.395. The number of hydrogen-bond donors (Lipinski definition) is 4. The SMILES string of the molecule is Nc1ccccc1NC(=O)c1ccc(CN(CCO)C(=O)Nc2ccc3c(c2)OCCO3)cn1. The highest BCUT2D eigenvalue weighted by Gasteiger charge is 2.17. The Balaban J connectivity index is 1.39. The van der Waals surface area contributed by atoms with Crippen LogP contribution in [-0.2, 0) is 6.54 Å². The molecule has 2 heterocycles. The molecule has 10 heteroatoms. The Morgan fingerprint density at radius 1 is 1.03 bits per heavy atom. The number of urea groups is 1. The molecule has 0 saturated heterocycles. The fourth-order valence-electron chi connectivity index (χ4n) is 3.37. The summed E-state index contributed by atoms with van der Waals surface area (Å²) in [6.45, 7) is 1.03. The van der Waals surface area contributed by atoms with Crippen molar-refractivity contribution in [3.05, 3.63) is 72.1 Å². The Morgan fingerprint density at radius 2 is 1.82 bits per heavy atom. The molecule has 5 N–H and O–H groups in total. The van der Waals surface area contributed by atoms with Crippen LogP contribution in [0.5, 0.6) is 11.5 Å². The summed E-state index contributed by atoms with van der Waals surface area (Å²) in [5, 5.41) is 15.0. The molecule has 0 spiro atoms. The van der Waals surface area contributed by atoms with Crippen molar-refractivity contribution in [1.82, 2.24) is 9.88 Å². The number of nitrogens with two attached hydrogens (primary N) is 1. The van der Waals surface area contributed by atoms with Gasteiger partial charge in [0.25, 0.3) is 5.91 Å². The minimum absolute atomic E-state index is 0.117. The molecule has 4 rings (SSSR count). The predicted octanol–water partition coefficient (Wildman–Crippen LogP) is 2.71. The van der Waals surface area contributed by atoms with Gasteiger partial charge in [-0.3, -0.25) is 9.78 Å². The van der Waals surface area contributed by atoms with Crippen LogP contribution in [0, 0.1) is 0 Å². The van der Waals surface area contributed by atoms with Gasteiger partial charge in [-0.15, -0.1) is 0 Å². The molecule has 3 amide bonds. The van der Waals surface area contributed by atoms with E-state index in [1.807, 2.05) is 0 Å². The third-order valence-electron chi connectivity index (χ3n) is 5.09. The number of rotatable bonds is 7. The normalized spacial score (nSPS) is 12.0. The van der Waals surface area contributed by atoms with Crippen LogP contribution in [0.25, 0.3) is 0 Å². The fraction of sp³-hybridized carbons (Fsp3) is 0.208. The summed E-state index contributed by atoms with van der Waals surface area (Å²) in [7, 11) is 0. The summed E-state index contributed by atoms with van der Waals surface area (Å²) in [5.74, 6) is 0.794. The van der Waals surface area contributed by atoms with Crippen LogP contribution in [0.3, 0.4) is 0 Å². The molecule has 2 aromatic carbocycles. The Morgan fingerprint density at radius 3 is 2.56 bits per heavy atom. The number of carbonyl (C=O) groups is 2. The number of ether oxygens (including phenoxy) is 2. The average Bonchev–Trinajstić information content (AvgIpc) is 2.85. The highest BCUT2D eigenvalue weighted by Crippen LogP contribution is 2.32. The van der Waals surface area contributed by atoms with E-state index >= 15 is 0 Å². The molecule has 34 heavy (non-hydrogen) atoms. The highest BCUT2D eigenvalue weighted by atomic mass is 16.6. The van der Waals surface area contributed by atoms with E-state index in [1.165, 1.54) is 11.1 Å². The molecular formula is C24H25N5O5. The maximum atomic E-state index is 12.8. The third-order valence-corrected chi connectivity index (χ3v) is 5.09. The van der Waals surface area contributed by atoms with E-state index in [0.717, 1.165) is 0 Å². The number of nitrogen functional groups attached to an aromatic ring is 1. The Hall–Kier alpha value is -4.31. The van der Waals surface area contributed by atoms with Crippen LogP contribution in [0.4, 0.5) is 21.9 Å². The summed E-state index contributed by atoms with van der Waals surface area (Å²) in [5.41, 5.74) is 8.27. The smallest absolute Gasteiger partial charge is 0.322 e. The number of amides is 3. The molecule has 1 aromatic heterocycles. The molecule has 10 nitrogen and oxygen atoms in total. The summed E-state index contributed by atoms with van der Waals surface area (Å²) in [6, 6.07) is 15.0. The number of nitrogens with zero attached hydrogens (tertiary/aromatic N) is 2. The molecule has 0 unspecified atom stereocenters. The maximum Gasteiger partial charge on any atom is 0.322 e. The first-order valence-corrected chi connectivity index (χ1v) is 10.7. The lowest BCUT2D eigenvalue weighted by molar-refractivity contribution is 0.102. The summed E-state index contributed by atoms with van der Waals surface area (Å²) < 4.78 is 11.0. The molecule has 1 aliphatic heterocycles. The van der Waals surface area contributed by atoms with E-state index in [0.29, 0.717) is 47.3 Å². The zero-order valence-electron chi connectivity index (χ0n) is 18.4. The number of aliphatic hydroxyl groups excluding tert-OH is 1. The number of aliphatic hydroxyl groups is 1. The van der Waals surface area contributed by atoms with Gasteiger partial charge in [-0.05, 0) is 35.9 Å². The van der Waals surface area contributed by atoms with Crippen molar-refractivity contribution in [1.29, 1.82) is 0 Å². The zero-order valence-corrected chi connectivity index (χ0v) is 18.4. The van der Waals surface area contributed by atoms with E-state index in [1.54, 1.807) is 54.6 Å². The van der Waals surface area contributed by atoms with Gasteiger partial charge in [0.1, 0.15) is 18.9 Å². The molecule has 0 atom stereocenters. The summed E-state index contributed by atoms with van der Waals surface area (Å²) >= 11 is 0. The number of para-hydroxylation sites is 2. The van der Waals surface area contributed by atoms with Gasteiger partial charge < -0.3 is 35.8 Å². The van der Waals surface area contributed by atoms with Crippen LogP contribution in [0.1, 0.15) is 16.1 Å². The minimum atomic E-state index is -0.396. The largest absolute Gasteiger partial charge is 0.486 e. The first-order chi connectivity index (χ1) is 16.5. The monoisotopic (exact) mass is 463 g/mol. The molecule has 0 fully saturated rings. The molecule has 1 aliphatic rings. The standard InChI is InChI=1S/C24H25N5O5/c25-18-3-1-2-4-19(18)28-23(31)20-7-5-16(14-26-20)15-29(9-10-30)24(32)27-17-6-8-21-22(13-17)34-12-11-33-21/h1-8,13-14,30H,9-12,15,25H2,(H,27,32)(H,28,31). The van der Waals surface area contributed by atoms with Gasteiger partial charge in [-0.1, -0.05) is 18.2 Å². The number of carbonyl (C=O) groups excluding carboxylic acids is 2. The second-order valence-electron chi connectivity index (χ2n) is 7.53. The van der Waals surface area contributed by atoms with Crippen molar-refractivity contribution in [2.24, 2.45) is 0 Å². The first kappa shape index (κ1) is 22.9. The van der Waals surface area contributed by atoms with Crippen molar-refractivity contribution < 1.29 is 24.2 Å². The second kappa shape index (κ2) is 10.5. The lowest BCUT2D eigenvalue weighted by Gasteiger charge is -2.23. The average molecular weight is 463 g/mol. The van der Waals surface area contributed by atoms with Crippen molar-refractivity contribution in [2.45, 2.75) is 6.54 Å². The molecule has 0 bridgehead atoms. The number of benzene rings is 2. The Labute approximate surface area is 196 Å². The summed E-state index contributed by atoms with van der Waals surface area (Å²) in [6.07, 6.45) is 1.52. The van der Waals surface area contributed by atoms with Gasteiger partial charge in [0.05, 0.1) is 18.0 Å². The van der Waals surface area contributed by atoms with Gasteiger partial charge in [0.15, 0.2) is 11.5 Å². The van der Waals surface area contributed by atoms with Crippen LogP contribution < -0.4 is 25.8 Å². The van der Waals surface area contributed by atoms with E-state index in [9.17, 15) is 14.7 Å². The topological polar surface area (TPSA) is 139 Å². The number of aromatic nitrogens is 1. The van der Waals surface area contributed by atoms with Crippen molar-refractivity contribution in [3.63, 3.8) is 0 Å². The van der Waals surface area contributed by atoms with Crippen LogP contribution in [0.15, 0.2) is 60.8 Å². The van der Waals surface area contributed by atoms with Crippen molar-refractivity contribution >= 4 is 29.0 Å². The number of hydrogen-bond acceptors (Lipinski definition) is 7. The summed E-state index contributed by atoms with van der Waals surface area (Å²) in [4.78, 5) is 30.9. The third kappa shape index (κ3) is 5.54. The van der Waals surface area contributed by atoms with E-state index in [4.69, 9.17) is 15.2 Å². The van der Waals surface area contributed by atoms with Crippen LogP contribution >= 0.6 is 0 Å². The molecule has 176 valence electrons. The number of nitrogens with one attached hydrogen (secondary N) is 2. The zero-order chi connectivity index (χ0) is 23.9. The first-order valence-electron chi connectivity index (χ1n) is 10.7. The van der Waals surface area contributed by atoms with Gasteiger partial charge in [0.2, 0.25) is 0 Å². The minimum Gasteiger partial charge on any atom is -0.486 e. The molecular weight excluding hydrogens is 438 g/mol. The van der Waals surface area contributed by atoms with Crippen LogP contribution in [0.2, 0.25) is 0 Å². The number of anilines is 3. The lowest BCUT2D eigenvalue weighted by Crippen LogP contribution is -2.36. The van der Waals surface area contributed by atoms with Gasteiger partial charge in [-0.25, -0.2) is 4.79 Å². The van der Waals surface area contributed by atoms with Gasteiger partial charge >= 0.3 is 6.03 Å². The highest BCUT2D eigenvalue weighted by molar-refractivity contribution is 6.04. The van der Waals surface area contributed by atoms with Gasteiger partial charge in [-0.2, -0.15) is 0 Å². The number of fused-ring (bicyclic) bond motifs is 1.